The zero-order valence-electron chi connectivity index (χ0n) is 11.0. The van der Waals surface area contributed by atoms with E-state index in [0.29, 0.717) is 0 Å². The Morgan fingerprint density at radius 1 is 1.42 bits per heavy atom. The van der Waals surface area contributed by atoms with Gasteiger partial charge >= 0.3 is 0 Å². The quantitative estimate of drug-likeness (QED) is 0.697. The van der Waals surface area contributed by atoms with E-state index >= 15 is 0 Å². The van der Waals surface area contributed by atoms with Crippen LogP contribution in [0.5, 0.6) is 5.75 Å². The van der Waals surface area contributed by atoms with Crippen LogP contribution in [0.3, 0.4) is 0 Å². The smallest absolute Gasteiger partial charge is 0.253 e. The zero-order valence-corrected chi connectivity index (χ0v) is 11.8. The minimum Gasteiger partial charge on any atom is -0.506 e. The van der Waals surface area contributed by atoms with Crippen LogP contribution in [0.4, 0.5) is 0 Å². The highest BCUT2D eigenvalue weighted by Crippen LogP contribution is 2.09. The molecule has 19 heavy (non-hydrogen) atoms. The lowest BCUT2D eigenvalue weighted by molar-refractivity contribution is 0.0943. The molecular formula is C11H17N3O4S. The van der Waals surface area contributed by atoms with Crippen molar-refractivity contribution in [3.63, 3.8) is 0 Å². The van der Waals surface area contributed by atoms with Gasteiger partial charge in [0.25, 0.3) is 5.91 Å². The highest BCUT2D eigenvalue weighted by atomic mass is 32.2. The Labute approximate surface area is 112 Å². The molecule has 106 valence electrons. The van der Waals surface area contributed by atoms with E-state index in [0.717, 1.165) is 6.26 Å². The van der Waals surface area contributed by atoms with Crippen molar-refractivity contribution in [1.82, 2.24) is 15.0 Å². The van der Waals surface area contributed by atoms with E-state index in [-0.39, 0.29) is 17.9 Å². The Morgan fingerprint density at radius 2 is 2.05 bits per heavy atom. The fourth-order valence-corrected chi connectivity index (χ4v) is 2.57. The molecule has 1 heterocycles. The fraction of sp³-hybridized carbons (Fsp3) is 0.455. The van der Waals surface area contributed by atoms with Crippen molar-refractivity contribution in [2.24, 2.45) is 0 Å². The molecular weight excluding hydrogens is 270 g/mol. The minimum atomic E-state index is -3.35. The topological polar surface area (TPSA) is 108 Å². The number of aromatic nitrogens is 1. The molecule has 1 aromatic rings. The van der Waals surface area contributed by atoms with Crippen molar-refractivity contribution in [3.8, 4) is 5.75 Å². The van der Waals surface area contributed by atoms with E-state index in [9.17, 15) is 18.3 Å². The number of nitrogens with one attached hydrogen (secondary N) is 2. The first-order chi connectivity index (χ1) is 8.59. The molecule has 0 bridgehead atoms. The summed E-state index contributed by atoms with van der Waals surface area (Å²) in [6.45, 7) is 3.40. The van der Waals surface area contributed by atoms with Crippen molar-refractivity contribution >= 4 is 15.9 Å². The van der Waals surface area contributed by atoms with Crippen molar-refractivity contribution in [2.75, 3.05) is 12.8 Å². The molecule has 0 atom stereocenters. The van der Waals surface area contributed by atoms with Crippen molar-refractivity contribution in [2.45, 2.75) is 19.4 Å². The monoisotopic (exact) mass is 287 g/mol. The molecule has 0 radical (unpaired) electrons. The van der Waals surface area contributed by atoms with Gasteiger partial charge in [0, 0.05) is 18.3 Å². The van der Waals surface area contributed by atoms with Gasteiger partial charge in [-0.2, -0.15) is 0 Å². The van der Waals surface area contributed by atoms with Gasteiger partial charge in [0.05, 0.1) is 18.0 Å². The summed E-state index contributed by atoms with van der Waals surface area (Å²) in [6, 6.07) is 1.28. The Morgan fingerprint density at radius 3 is 2.58 bits per heavy atom. The van der Waals surface area contributed by atoms with Crippen LogP contribution in [0.25, 0.3) is 0 Å². The van der Waals surface area contributed by atoms with Crippen LogP contribution in [-0.4, -0.2) is 42.8 Å². The van der Waals surface area contributed by atoms with Crippen LogP contribution in [0.15, 0.2) is 18.5 Å². The molecule has 1 rings (SSSR count). The molecule has 0 saturated carbocycles. The van der Waals surface area contributed by atoms with Gasteiger partial charge in [-0.25, -0.2) is 13.1 Å². The largest absolute Gasteiger partial charge is 0.506 e. The molecule has 3 N–H and O–H groups in total. The van der Waals surface area contributed by atoms with E-state index in [2.05, 4.69) is 15.0 Å². The van der Waals surface area contributed by atoms with Gasteiger partial charge in [0.1, 0.15) is 5.75 Å². The Hall–Kier alpha value is -1.67. The van der Waals surface area contributed by atoms with Gasteiger partial charge in [-0.3, -0.25) is 9.78 Å². The second-order valence-corrected chi connectivity index (χ2v) is 6.62. The highest BCUT2D eigenvalue weighted by molar-refractivity contribution is 7.88. The number of hydrogen-bond donors (Lipinski definition) is 3. The molecule has 0 unspecified atom stereocenters. The molecule has 0 aromatic carbocycles. The second-order valence-electron chi connectivity index (χ2n) is 4.87. The number of sulfonamides is 1. The first kappa shape index (κ1) is 15.4. The zero-order chi connectivity index (χ0) is 14.7. The van der Waals surface area contributed by atoms with E-state index < -0.39 is 21.5 Å². The van der Waals surface area contributed by atoms with Crippen molar-refractivity contribution in [1.29, 1.82) is 0 Å². The summed E-state index contributed by atoms with van der Waals surface area (Å²) in [5, 5.41) is 11.8. The van der Waals surface area contributed by atoms with Gasteiger partial charge < -0.3 is 10.4 Å². The summed E-state index contributed by atoms with van der Waals surface area (Å²) < 4.78 is 24.7. The van der Waals surface area contributed by atoms with Crippen LogP contribution in [0, 0.1) is 0 Å². The van der Waals surface area contributed by atoms with Crippen molar-refractivity contribution in [3.05, 3.63) is 24.0 Å². The highest BCUT2D eigenvalue weighted by Gasteiger charge is 2.23. The lowest BCUT2D eigenvalue weighted by atomic mass is 10.1. The predicted octanol–water partition coefficient (Wildman–Crippen LogP) is -0.155. The summed E-state index contributed by atoms with van der Waals surface area (Å²) in [4.78, 5) is 15.5. The summed E-state index contributed by atoms with van der Waals surface area (Å²) in [5.41, 5.74) is -0.608. The lowest BCUT2D eigenvalue weighted by Gasteiger charge is -2.25. The Kier molecular flexibility index (Phi) is 4.48. The number of nitrogens with zero attached hydrogens (tertiary/aromatic N) is 1. The summed E-state index contributed by atoms with van der Waals surface area (Å²) in [6.07, 6.45) is 3.58. The third-order valence-corrected chi connectivity index (χ3v) is 3.06. The number of carbonyl (C=O) groups is 1. The van der Waals surface area contributed by atoms with E-state index in [1.54, 1.807) is 13.8 Å². The van der Waals surface area contributed by atoms with E-state index in [1.807, 2.05) is 0 Å². The Bertz CT molecular complexity index is 569. The normalized spacial score (nSPS) is 12.2. The predicted molar refractivity (Wildman–Crippen MR) is 70.3 cm³/mol. The number of hydrogen-bond acceptors (Lipinski definition) is 5. The summed E-state index contributed by atoms with van der Waals surface area (Å²) in [5.74, 6) is -0.548. The third-order valence-electron chi connectivity index (χ3n) is 2.14. The van der Waals surface area contributed by atoms with Gasteiger partial charge in [0.15, 0.2) is 0 Å². The Balaban J connectivity index is 2.64. The summed E-state index contributed by atoms with van der Waals surface area (Å²) >= 11 is 0. The standard InChI is InChI=1S/C11H17N3O4S/c1-11(2,14-19(3,17)18)7-13-10(16)8-4-9(15)6-12-5-8/h4-6,14-15H,7H2,1-3H3,(H,13,16). The maximum absolute atomic E-state index is 11.8. The molecule has 0 spiro atoms. The van der Waals surface area contributed by atoms with Gasteiger partial charge in [-0.15, -0.1) is 0 Å². The maximum Gasteiger partial charge on any atom is 0.253 e. The fourth-order valence-electron chi connectivity index (χ4n) is 1.49. The molecule has 7 nitrogen and oxygen atoms in total. The van der Waals surface area contributed by atoms with Crippen LogP contribution in [0.2, 0.25) is 0 Å². The first-order valence-electron chi connectivity index (χ1n) is 5.50. The van der Waals surface area contributed by atoms with Crippen LogP contribution >= 0.6 is 0 Å². The van der Waals surface area contributed by atoms with E-state index in [1.165, 1.54) is 18.5 Å². The molecule has 0 saturated heterocycles. The number of carbonyl (C=O) groups excluding carboxylic acids is 1. The first-order valence-corrected chi connectivity index (χ1v) is 7.39. The second kappa shape index (κ2) is 5.54. The van der Waals surface area contributed by atoms with Crippen LogP contribution in [0.1, 0.15) is 24.2 Å². The van der Waals surface area contributed by atoms with Gasteiger partial charge in [0.2, 0.25) is 10.0 Å². The number of amides is 1. The van der Waals surface area contributed by atoms with Crippen molar-refractivity contribution < 1.29 is 18.3 Å². The van der Waals surface area contributed by atoms with E-state index in [4.69, 9.17) is 0 Å². The maximum atomic E-state index is 11.8. The minimum absolute atomic E-state index is 0.106. The average molecular weight is 287 g/mol. The van der Waals surface area contributed by atoms with Gasteiger partial charge in [-0.1, -0.05) is 0 Å². The molecule has 0 aliphatic heterocycles. The molecule has 1 aromatic heterocycles. The molecule has 8 heteroatoms. The molecule has 0 fully saturated rings. The molecule has 0 aliphatic carbocycles. The average Bonchev–Trinajstić information content (AvgIpc) is 2.22. The van der Waals surface area contributed by atoms with Gasteiger partial charge in [-0.05, 0) is 19.9 Å². The molecule has 0 aliphatic rings. The third kappa shape index (κ3) is 5.66. The number of pyridine rings is 1. The molecule has 1 amide bonds. The summed E-state index contributed by atoms with van der Waals surface area (Å²) in [7, 11) is -3.35. The lowest BCUT2D eigenvalue weighted by Crippen LogP contribution is -2.51. The number of aromatic hydroxyl groups is 1. The number of rotatable bonds is 5. The van der Waals surface area contributed by atoms with Crippen LogP contribution in [-0.2, 0) is 10.0 Å². The van der Waals surface area contributed by atoms with Crippen LogP contribution < -0.4 is 10.0 Å². The SMILES string of the molecule is CC(C)(CNC(=O)c1cncc(O)c1)NS(C)(=O)=O.